The van der Waals surface area contributed by atoms with Crippen LogP contribution >= 0.6 is 15.9 Å². The summed E-state index contributed by atoms with van der Waals surface area (Å²) < 4.78 is 36.3. The average molecular weight is 361 g/mol. The Labute approximate surface area is 127 Å². The quantitative estimate of drug-likeness (QED) is 0.617. The van der Waals surface area contributed by atoms with Crippen LogP contribution in [0.3, 0.4) is 0 Å². The highest BCUT2D eigenvalue weighted by molar-refractivity contribution is 9.10. The number of ether oxygens (including phenoxy) is 1. The van der Waals surface area contributed by atoms with Crippen LogP contribution in [-0.2, 0) is 9.53 Å². The molecule has 0 fully saturated rings. The lowest BCUT2D eigenvalue weighted by atomic mass is 10.2. The molecule has 21 heavy (non-hydrogen) atoms. The average Bonchev–Trinajstić information content (AvgIpc) is 2.94. The van der Waals surface area contributed by atoms with E-state index in [1.165, 1.54) is 6.07 Å². The van der Waals surface area contributed by atoms with E-state index in [0.717, 1.165) is 6.07 Å². The monoisotopic (exact) mass is 360 g/mol. The fourth-order valence-electron chi connectivity index (χ4n) is 1.59. The minimum absolute atomic E-state index is 0.0417. The number of hydrogen-bond acceptors (Lipinski definition) is 5. The maximum Gasteiger partial charge on any atom is 0.318 e. The van der Waals surface area contributed by atoms with Gasteiger partial charge in [-0.3, -0.25) is 4.79 Å². The van der Waals surface area contributed by atoms with E-state index in [-0.39, 0.29) is 28.4 Å². The molecule has 0 saturated carbocycles. The van der Waals surface area contributed by atoms with Crippen molar-refractivity contribution >= 4 is 21.9 Å². The van der Waals surface area contributed by atoms with Gasteiger partial charge in [-0.25, -0.2) is 8.78 Å². The third-order valence-electron chi connectivity index (χ3n) is 2.73. The minimum atomic E-state index is -1.04. The highest BCUT2D eigenvalue weighted by Crippen LogP contribution is 2.30. The zero-order valence-electron chi connectivity index (χ0n) is 11.2. The first-order chi connectivity index (χ1) is 9.95. The van der Waals surface area contributed by atoms with Gasteiger partial charge in [0.2, 0.25) is 11.7 Å². The Morgan fingerprint density at radius 1 is 1.48 bits per heavy atom. The molecule has 0 spiro atoms. The van der Waals surface area contributed by atoms with E-state index < -0.39 is 23.5 Å². The highest BCUT2D eigenvalue weighted by Gasteiger charge is 2.24. The Morgan fingerprint density at radius 3 is 2.86 bits per heavy atom. The van der Waals surface area contributed by atoms with Gasteiger partial charge in [0.1, 0.15) is 5.92 Å². The van der Waals surface area contributed by atoms with Crippen molar-refractivity contribution in [2.24, 2.45) is 0 Å². The summed E-state index contributed by atoms with van der Waals surface area (Å²) >= 11 is 2.94. The first-order valence-corrected chi connectivity index (χ1v) is 6.89. The van der Waals surface area contributed by atoms with Crippen LogP contribution in [-0.4, -0.2) is 22.7 Å². The molecule has 1 unspecified atom stereocenters. The van der Waals surface area contributed by atoms with Crippen molar-refractivity contribution in [1.82, 2.24) is 10.1 Å². The van der Waals surface area contributed by atoms with E-state index >= 15 is 0 Å². The van der Waals surface area contributed by atoms with Crippen LogP contribution in [0, 0.1) is 11.6 Å². The molecule has 5 nitrogen and oxygen atoms in total. The topological polar surface area (TPSA) is 65.2 Å². The van der Waals surface area contributed by atoms with Crippen molar-refractivity contribution in [1.29, 1.82) is 0 Å². The van der Waals surface area contributed by atoms with Crippen LogP contribution in [0.15, 0.2) is 21.1 Å². The number of carbonyl (C=O) groups excluding carboxylic acids is 1. The number of esters is 1. The molecule has 1 aromatic carbocycles. The maximum absolute atomic E-state index is 13.5. The third kappa shape index (κ3) is 3.10. The molecule has 0 radical (unpaired) electrons. The van der Waals surface area contributed by atoms with Crippen molar-refractivity contribution in [3.05, 3.63) is 34.1 Å². The van der Waals surface area contributed by atoms with E-state index in [2.05, 4.69) is 26.1 Å². The van der Waals surface area contributed by atoms with Crippen LogP contribution in [0.1, 0.15) is 25.7 Å². The predicted molar refractivity (Wildman–Crippen MR) is 72.4 cm³/mol. The maximum atomic E-state index is 13.5. The summed E-state index contributed by atoms with van der Waals surface area (Å²) in [6, 6.07) is 2.27. The molecule has 1 heterocycles. The number of hydrogen-bond donors (Lipinski definition) is 0. The SMILES string of the molecule is CCOC(=O)C(C)c1nc(-c2ccc(F)c(F)c2Br)no1. The first kappa shape index (κ1) is 15.6. The summed E-state index contributed by atoms with van der Waals surface area (Å²) in [4.78, 5) is 15.6. The number of benzene rings is 1. The molecule has 2 aromatic rings. The normalized spacial score (nSPS) is 12.2. The van der Waals surface area contributed by atoms with Gasteiger partial charge in [-0.1, -0.05) is 5.16 Å². The van der Waals surface area contributed by atoms with E-state index in [4.69, 9.17) is 9.26 Å². The largest absolute Gasteiger partial charge is 0.465 e. The van der Waals surface area contributed by atoms with Crippen molar-refractivity contribution in [3.8, 4) is 11.4 Å². The van der Waals surface area contributed by atoms with Gasteiger partial charge in [0.05, 0.1) is 11.1 Å². The Bertz CT molecular complexity index is 675. The summed E-state index contributed by atoms with van der Waals surface area (Å²) in [7, 11) is 0. The molecule has 0 aliphatic rings. The standard InChI is InChI=1S/C13H11BrF2N2O3/c1-3-20-13(19)6(2)12-17-11(18-21-12)7-4-5-8(15)10(16)9(7)14/h4-6H,3H2,1-2H3. The summed E-state index contributed by atoms with van der Waals surface area (Å²) in [5.74, 6) is -3.19. The van der Waals surface area contributed by atoms with E-state index in [1.54, 1.807) is 13.8 Å². The molecule has 0 bridgehead atoms. The van der Waals surface area contributed by atoms with Gasteiger partial charge in [0.15, 0.2) is 11.6 Å². The molecule has 0 aliphatic heterocycles. The minimum Gasteiger partial charge on any atom is -0.465 e. The third-order valence-corrected chi connectivity index (χ3v) is 3.50. The second-order valence-corrected chi connectivity index (χ2v) is 4.95. The van der Waals surface area contributed by atoms with Gasteiger partial charge in [-0.15, -0.1) is 0 Å². The molecule has 1 atom stereocenters. The van der Waals surface area contributed by atoms with Gasteiger partial charge in [-0.05, 0) is 41.9 Å². The van der Waals surface area contributed by atoms with Crippen molar-refractivity contribution in [3.63, 3.8) is 0 Å². The van der Waals surface area contributed by atoms with Gasteiger partial charge in [0.25, 0.3) is 0 Å². The fourth-order valence-corrected chi connectivity index (χ4v) is 2.09. The molecule has 8 heteroatoms. The number of aromatic nitrogens is 2. The molecule has 2 rings (SSSR count). The van der Waals surface area contributed by atoms with Crippen molar-refractivity contribution < 1.29 is 22.8 Å². The van der Waals surface area contributed by atoms with Gasteiger partial charge in [0, 0.05) is 5.56 Å². The second-order valence-electron chi connectivity index (χ2n) is 4.15. The second kappa shape index (κ2) is 6.30. The van der Waals surface area contributed by atoms with Gasteiger partial charge in [-0.2, -0.15) is 4.98 Å². The summed E-state index contributed by atoms with van der Waals surface area (Å²) in [6.07, 6.45) is 0. The smallest absolute Gasteiger partial charge is 0.318 e. The lowest BCUT2D eigenvalue weighted by Gasteiger charge is -2.04. The Morgan fingerprint density at radius 2 is 2.19 bits per heavy atom. The van der Waals surface area contributed by atoms with Crippen molar-refractivity contribution in [2.45, 2.75) is 19.8 Å². The summed E-state index contributed by atoms with van der Waals surface area (Å²) in [5.41, 5.74) is 0.222. The number of carbonyl (C=O) groups is 1. The number of rotatable bonds is 4. The first-order valence-electron chi connectivity index (χ1n) is 6.09. The van der Waals surface area contributed by atoms with Crippen LogP contribution in [0.2, 0.25) is 0 Å². The predicted octanol–water partition coefficient (Wildman–Crippen LogP) is 3.44. The van der Waals surface area contributed by atoms with E-state index in [0.29, 0.717) is 0 Å². The molecule has 0 N–H and O–H groups in total. The molecular weight excluding hydrogens is 350 g/mol. The molecule has 0 saturated heterocycles. The molecule has 0 amide bonds. The zero-order valence-corrected chi connectivity index (χ0v) is 12.8. The van der Waals surface area contributed by atoms with Crippen molar-refractivity contribution in [2.75, 3.05) is 6.61 Å². The lowest BCUT2D eigenvalue weighted by Crippen LogP contribution is -2.13. The number of nitrogens with zero attached hydrogens (tertiary/aromatic N) is 2. The molecule has 1 aromatic heterocycles. The highest BCUT2D eigenvalue weighted by atomic mass is 79.9. The van der Waals surface area contributed by atoms with Crippen LogP contribution in [0.4, 0.5) is 8.78 Å². The molecule has 112 valence electrons. The molecule has 0 aliphatic carbocycles. The van der Waals surface area contributed by atoms with Crippen LogP contribution in [0.25, 0.3) is 11.4 Å². The zero-order chi connectivity index (χ0) is 15.6. The Balaban J connectivity index is 2.32. The van der Waals surface area contributed by atoms with Crippen LogP contribution in [0.5, 0.6) is 0 Å². The Kier molecular flexibility index (Phi) is 4.66. The summed E-state index contributed by atoms with van der Waals surface area (Å²) in [6.45, 7) is 3.47. The van der Waals surface area contributed by atoms with E-state index in [1.807, 2.05) is 0 Å². The lowest BCUT2D eigenvalue weighted by molar-refractivity contribution is -0.145. The Hall–Kier alpha value is -1.83. The van der Waals surface area contributed by atoms with Crippen LogP contribution < -0.4 is 0 Å². The van der Waals surface area contributed by atoms with Gasteiger partial charge < -0.3 is 9.26 Å². The fraction of sp³-hybridized carbons (Fsp3) is 0.308. The number of halogens is 3. The molecular formula is C13H11BrF2N2O3. The van der Waals surface area contributed by atoms with Gasteiger partial charge >= 0.3 is 5.97 Å². The van der Waals surface area contributed by atoms with E-state index in [9.17, 15) is 13.6 Å². The summed E-state index contributed by atoms with van der Waals surface area (Å²) in [5, 5.41) is 3.67.